The fraction of sp³-hybridized carbons (Fsp3) is 0.600. The Balaban J connectivity index is 2.03. The largest absolute Gasteiger partial charge is 0.377 e. The molecule has 0 unspecified atom stereocenters. The Labute approximate surface area is 110 Å². The minimum atomic E-state index is 0.314. The Kier molecular flexibility index (Phi) is 4.61. The summed E-state index contributed by atoms with van der Waals surface area (Å²) in [5.74, 6) is 0. The lowest BCUT2D eigenvalue weighted by Gasteiger charge is -2.31. The average Bonchev–Trinajstić information content (AvgIpc) is 2.38. The predicted octanol–water partition coefficient (Wildman–Crippen LogP) is 2.32. The van der Waals surface area contributed by atoms with Crippen LogP contribution in [-0.2, 0) is 17.7 Å². The molecular weight excluding hydrogens is 224 g/mol. The Morgan fingerprint density at radius 3 is 2.94 bits per heavy atom. The summed E-state index contributed by atoms with van der Waals surface area (Å²) in [7, 11) is 0. The molecule has 0 amide bonds. The second-order valence-electron chi connectivity index (χ2n) is 5.18. The first kappa shape index (κ1) is 13.4. The van der Waals surface area contributed by atoms with Crippen molar-refractivity contribution < 1.29 is 4.74 Å². The highest BCUT2D eigenvalue weighted by molar-refractivity contribution is 5.56. The molecule has 2 N–H and O–H groups in total. The number of hydrogen-bond acceptors (Lipinski definition) is 3. The third kappa shape index (κ3) is 3.24. The molecule has 0 aromatic heterocycles. The number of anilines is 1. The van der Waals surface area contributed by atoms with Crippen LogP contribution in [-0.4, -0.2) is 25.8 Å². The Hall–Kier alpha value is -1.06. The SMILES string of the molecule is CC(C)OCCN1CCCc2cc(CN)ccc21. The lowest BCUT2D eigenvalue weighted by molar-refractivity contribution is 0.0839. The van der Waals surface area contributed by atoms with Gasteiger partial charge in [0.2, 0.25) is 0 Å². The number of fused-ring (bicyclic) bond motifs is 1. The number of benzene rings is 1. The van der Waals surface area contributed by atoms with E-state index in [1.165, 1.54) is 29.7 Å². The smallest absolute Gasteiger partial charge is 0.0645 e. The molecule has 1 aromatic rings. The van der Waals surface area contributed by atoms with Crippen molar-refractivity contribution in [2.24, 2.45) is 5.73 Å². The number of nitrogens with zero attached hydrogens (tertiary/aromatic N) is 1. The zero-order valence-corrected chi connectivity index (χ0v) is 11.5. The summed E-state index contributed by atoms with van der Waals surface area (Å²) >= 11 is 0. The standard InChI is InChI=1S/C15H24N2O/c1-12(2)18-9-8-17-7-3-4-14-10-13(11-16)5-6-15(14)17/h5-6,10,12H,3-4,7-9,11,16H2,1-2H3. The van der Waals surface area contributed by atoms with Crippen LogP contribution < -0.4 is 10.6 Å². The molecule has 0 radical (unpaired) electrons. The van der Waals surface area contributed by atoms with Gasteiger partial charge in [-0.05, 0) is 43.9 Å². The molecule has 0 atom stereocenters. The van der Waals surface area contributed by atoms with E-state index in [1.807, 2.05) is 0 Å². The molecule has 3 heteroatoms. The van der Waals surface area contributed by atoms with E-state index in [0.29, 0.717) is 12.6 Å². The molecule has 0 saturated carbocycles. The second-order valence-corrected chi connectivity index (χ2v) is 5.18. The van der Waals surface area contributed by atoms with E-state index in [0.717, 1.165) is 19.7 Å². The topological polar surface area (TPSA) is 38.5 Å². The van der Waals surface area contributed by atoms with Gasteiger partial charge in [-0.3, -0.25) is 0 Å². The van der Waals surface area contributed by atoms with Crippen molar-refractivity contribution in [1.29, 1.82) is 0 Å². The van der Waals surface area contributed by atoms with Gasteiger partial charge in [-0.25, -0.2) is 0 Å². The molecule has 1 aromatic carbocycles. The van der Waals surface area contributed by atoms with Gasteiger partial charge in [-0.15, -0.1) is 0 Å². The molecule has 1 heterocycles. The monoisotopic (exact) mass is 248 g/mol. The number of ether oxygens (including phenoxy) is 1. The lowest BCUT2D eigenvalue weighted by Crippen LogP contribution is -2.33. The van der Waals surface area contributed by atoms with Gasteiger partial charge >= 0.3 is 0 Å². The van der Waals surface area contributed by atoms with Crippen molar-refractivity contribution in [2.45, 2.75) is 39.3 Å². The van der Waals surface area contributed by atoms with Crippen LogP contribution in [0, 0.1) is 0 Å². The van der Waals surface area contributed by atoms with Crippen molar-refractivity contribution >= 4 is 5.69 Å². The fourth-order valence-corrected chi connectivity index (χ4v) is 2.49. The van der Waals surface area contributed by atoms with Crippen LogP contribution in [0.3, 0.4) is 0 Å². The summed E-state index contributed by atoms with van der Waals surface area (Å²) in [4.78, 5) is 2.43. The van der Waals surface area contributed by atoms with E-state index < -0.39 is 0 Å². The maximum absolute atomic E-state index is 5.70. The van der Waals surface area contributed by atoms with E-state index in [4.69, 9.17) is 10.5 Å². The minimum Gasteiger partial charge on any atom is -0.377 e. The summed E-state index contributed by atoms with van der Waals surface area (Å²) in [5, 5.41) is 0. The van der Waals surface area contributed by atoms with Crippen LogP contribution in [0.25, 0.3) is 0 Å². The highest BCUT2D eigenvalue weighted by Crippen LogP contribution is 2.27. The summed E-state index contributed by atoms with van der Waals surface area (Å²) in [6, 6.07) is 6.61. The molecule has 0 bridgehead atoms. The van der Waals surface area contributed by atoms with Crippen LogP contribution >= 0.6 is 0 Å². The number of aryl methyl sites for hydroxylation is 1. The molecule has 0 aliphatic carbocycles. The molecular formula is C15H24N2O. The second kappa shape index (κ2) is 6.21. The third-order valence-electron chi connectivity index (χ3n) is 3.41. The van der Waals surface area contributed by atoms with E-state index >= 15 is 0 Å². The zero-order chi connectivity index (χ0) is 13.0. The highest BCUT2D eigenvalue weighted by atomic mass is 16.5. The molecule has 0 spiro atoms. The van der Waals surface area contributed by atoms with Crippen LogP contribution in [0.4, 0.5) is 5.69 Å². The number of hydrogen-bond donors (Lipinski definition) is 1. The Morgan fingerprint density at radius 1 is 1.39 bits per heavy atom. The van der Waals surface area contributed by atoms with Crippen molar-refractivity contribution in [3.05, 3.63) is 29.3 Å². The number of nitrogens with two attached hydrogens (primary N) is 1. The first-order valence-corrected chi connectivity index (χ1v) is 6.89. The quantitative estimate of drug-likeness (QED) is 0.869. The van der Waals surface area contributed by atoms with E-state index in [-0.39, 0.29) is 0 Å². The minimum absolute atomic E-state index is 0.314. The van der Waals surface area contributed by atoms with Crippen molar-refractivity contribution in [3.63, 3.8) is 0 Å². The maximum Gasteiger partial charge on any atom is 0.0645 e. The average molecular weight is 248 g/mol. The van der Waals surface area contributed by atoms with Gasteiger partial charge in [-0.2, -0.15) is 0 Å². The van der Waals surface area contributed by atoms with Gasteiger partial charge in [0.05, 0.1) is 12.7 Å². The zero-order valence-electron chi connectivity index (χ0n) is 11.5. The van der Waals surface area contributed by atoms with E-state index in [2.05, 4.69) is 36.9 Å². The predicted molar refractivity (Wildman–Crippen MR) is 76.0 cm³/mol. The summed E-state index contributed by atoms with van der Waals surface area (Å²) in [6.07, 6.45) is 2.71. The van der Waals surface area contributed by atoms with E-state index in [9.17, 15) is 0 Å². The normalized spacial score (nSPS) is 15.0. The summed E-state index contributed by atoms with van der Waals surface area (Å²) in [5.41, 5.74) is 9.73. The van der Waals surface area contributed by atoms with Gasteiger partial charge in [0.15, 0.2) is 0 Å². The van der Waals surface area contributed by atoms with Gasteiger partial charge in [0.25, 0.3) is 0 Å². The molecule has 2 rings (SSSR count). The van der Waals surface area contributed by atoms with Crippen LogP contribution in [0.1, 0.15) is 31.4 Å². The van der Waals surface area contributed by atoms with Crippen molar-refractivity contribution in [3.8, 4) is 0 Å². The van der Waals surface area contributed by atoms with Crippen LogP contribution in [0.5, 0.6) is 0 Å². The molecule has 100 valence electrons. The molecule has 1 aliphatic rings. The van der Waals surface area contributed by atoms with Gasteiger partial charge in [-0.1, -0.05) is 12.1 Å². The Morgan fingerprint density at radius 2 is 2.22 bits per heavy atom. The first-order chi connectivity index (χ1) is 8.70. The highest BCUT2D eigenvalue weighted by Gasteiger charge is 2.16. The maximum atomic E-state index is 5.70. The van der Waals surface area contributed by atoms with Crippen molar-refractivity contribution in [1.82, 2.24) is 0 Å². The molecule has 0 fully saturated rings. The number of rotatable bonds is 5. The fourth-order valence-electron chi connectivity index (χ4n) is 2.49. The van der Waals surface area contributed by atoms with E-state index in [1.54, 1.807) is 0 Å². The Bertz CT molecular complexity index is 390. The molecule has 3 nitrogen and oxygen atoms in total. The van der Waals surface area contributed by atoms with Gasteiger partial charge in [0, 0.05) is 25.3 Å². The summed E-state index contributed by atoms with van der Waals surface area (Å²) in [6.45, 7) is 7.71. The van der Waals surface area contributed by atoms with Crippen molar-refractivity contribution in [2.75, 3.05) is 24.6 Å². The van der Waals surface area contributed by atoms with Gasteiger partial charge in [0.1, 0.15) is 0 Å². The molecule has 0 saturated heterocycles. The van der Waals surface area contributed by atoms with Gasteiger partial charge < -0.3 is 15.4 Å². The molecule has 18 heavy (non-hydrogen) atoms. The summed E-state index contributed by atoms with van der Waals surface area (Å²) < 4.78 is 5.64. The lowest BCUT2D eigenvalue weighted by atomic mass is 9.99. The van der Waals surface area contributed by atoms with Crippen LogP contribution in [0.2, 0.25) is 0 Å². The third-order valence-corrected chi connectivity index (χ3v) is 3.41. The first-order valence-electron chi connectivity index (χ1n) is 6.89. The van der Waals surface area contributed by atoms with Crippen LogP contribution in [0.15, 0.2) is 18.2 Å². The molecule has 1 aliphatic heterocycles.